The van der Waals surface area contributed by atoms with E-state index in [-0.39, 0.29) is 24.2 Å². The Bertz CT molecular complexity index is 565. The van der Waals surface area contributed by atoms with Crippen LogP contribution in [0.1, 0.15) is 46.0 Å². The summed E-state index contributed by atoms with van der Waals surface area (Å²) in [5.74, 6) is 0.102. The van der Waals surface area contributed by atoms with Crippen LogP contribution in [-0.4, -0.2) is 24.9 Å². The second-order valence-corrected chi connectivity index (χ2v) is 6.20. The fraction of sp³-hybridized carbons (Fsp3) is 0.556. The molecule has 2 rings (SSSR count). The average molecular weight is 354 g/mol. The summed E-state index contributed by atoms with van der Waals surface area (Å²) in [4.78, 5) is 26.5. The summed E-state index contributed by atoms with van der Waals surface area (Å²) >= 11 is 0. The van der Waals surface area contributed by atoms with Gasteiger partial charge in [0.05, 0.1) is 5.41 Å². The Morgan fingerprint density at radius 1 is 1.29 bits per heavy atom. The highest BCUT2D eigenvalue weighted by molar-refractivity contribution is 5.98. The quantitative estimate of drug-likeness (QED) is 0.823. The molecular formula is C18H28ClN3O2. The average Bonchev–Trinajstić information content (AvgIpc) is 2.57. The number of hydrogen-bond acceptors (Lipinski definition) is 3. The number of halogens is 1. The number of hydrogen-bond donors (Lipinski definition) is 2. The SMILES string of the molecule is CCC(CC)(CN)C(=O)Nc1cccc(N2CCCCC2=O)c1.Cl. The van der Waals surface area contributed by atoms with Gasteiger partial charge in [-0.15, -0.1) is 12.4 Å². The van der Waals surface area contributed by atoms with Gasteiger partial charge in [0.1, 0.15) is 0 Å². The number of benzene rings is 1. The Morgan fingerprint density at radius 2 is 2.00 bits per heavy atom. The second-order valence-electron chi connectivity index (χ2n) is 6.20. The molecule has 0 unspecified atom stereocenters. The number of nitrogens with two attached hydrogens (primary N) is 1. The Kier molecular flexibility index (Phi) is 7.70. The summed E-state index contributed by atoms with van der Waals surface area (Å²) in [7, 11) is 0. The van der Waals surface area contributed by atoms with Crippen LogP contribution in [0, 0.1) is 5.41 Å². The van der Waals surface area contributed by atoms with E-state index in [0.29, 0.717) is 31.5 Å². The van der Waals surface area contributed by atoms with Crippen molar-refractivity contribution < 1.29 is 9.59 Å². The summed E-state index contributed by atoms with van der Waals surface area (Å²) in [5.41, 5.74) is 6.86. The molecule has 0 bridgehead atoms. The molecule has 24 heavy (non-hydrogen) atoms. The van der Waals surface area contributed by atoms with Crippen LogP contribution < -0.4 is 16.0 Å². The van der Waals surface area contributed by atoms with E-state index in [4.69, 9.17) is 5.73 Å². The maximum atomic E-state index is 12.6. The van der Waals surface area contributed by atoms with Crippen LogP contribution in [0.4, 0.5) is 11.4 Å². The van der Waals surface area contributed by atoms with Crippen LogP contribution in [0.15, 0.2) is 24.3 Å². The third-order valence-electron chi connectivity index (χ3n) is 4.97. The number of piperidine rings is 1. The first-order valence-corrected chi connectivity index (χ1v) is 8.48. The van der Waals surface area contributed by atoms with Gasteiger partial charge in [0.25, 0.3) is 0 Å². The predicted molar refractivity (Wildman–Crippen MR) is 101 cm³/mol. The van der Waals surface area contributed by atoms with Crippen LogP contribution in [0.3, 0.4) is 0 Å². The third-order valence-corrected chi connectivity index (χ3v) is 4.97. The topological polar surface area (TPSA) is 75.4 Å². The molecule has 0 aromatic heterocycles. The van der Waals surface area contributed by atoms with E-state index >= 15 is 0 Å². The number of anilines is 2. The smallest absolute Gasteiger partial charge is 0.231 e. The van der Waals surface area contributed by atoms with Crippen LogP contribution >= 0.6 is 12.4 Å². The van der Waals surface area contributed by atoms with Crippen LogP contribution in [0.25, 0.3) is 0 Å². The van der Waals surface area contributed by atoms with Gasteiger partial charge >= 0.3 is 0 Å². The van der Waals surface area contributed by atoms with Crippen molar-refractivity contribution in [3.05, 3.63) is 24.3 Å². The summed E-state index contributed by atoms with van der Waals surface area (Å²) in [5, 5.41) is 2.97. The molecule has 134 valence electrons. The van der Waals surface area contributed by atoms with E-state index in [1.807, 2.05) is 38.1 Å². The van der Waals surface area contributed by atoms with Gasteiger partial charge in [-0.1, -0.05) is 19.9 Å². The van der Waals surface area contributed by atoms with E-state index in [0.717, 1.165) is 25.1 Å². The zero-order valence-electron chi connectivity index (χ0n) is 14.5. The molecule has 0 radical (unpaired) electrons. The largest absolute Gasteiger partial charge is 0.329 e. The second kappa shape index (κ2) is 9.04. The molecule has 0 saturated carbocycles. The minimum atomic E-state index is -0.531. The first kappa shape index (κ1) is 20.5. The maximum absolute atomic E-state index is 12.6. The lowest BCUT2D eigenvalue weighted by Gasteiger charge is -2.29. The minimum absolute atomic E-state index is 0. The normalized spacial score (nSPS) is 15.0. The highest BCUT2D eigenvalue weighted by atomic mass is 35.5. The molecule has 1 aromatic carbocycles. The molecular weight excluding hydrogens is 326 g/mol. The molecule has 1 heterocycles. The molecule has 1 saturated heterocycles. The summed E-state index contributed by atoms with van der Waals surface area (Å²) in [6, 6.07) is 7.50. The van der Waals surface area contributed by atoms with E-state index in [1.165, 1.54) is 0 Å². The predicted octanol–water partition coefficient (Wildman–Crippen LogP) is 3.33. The molecule has 0 aliphatic carbocycles. The Labute approximate surface area is 150 Å². The number of carbonyl (C=O) groups excluding carboxylic acids is 2. The molecule has 1 aliphatic heterocycles. The van der Waals surface area contributed by atoms with Gasteiger partial charge in [0.15, 0.2) is 0 Å². The van der Waals surface area contributed by atoms with Crippen molar-refractivity contribution in [1.82, 2.24) is 0 Å². The van der Waals surface area contributed by atoms with Gasteiger partial charge in [-0.05, 0) is 43.9 Å². The molecule has 0 atom stereocenters. The van der Waals surface area contributed by atoms with Crippen molar-refractivity contribution in [1.29, 1.82) is 0 Å². The lowest BCUT2D eigenvalue weighted by molar-refractivity contribution is -0.125. The van der Waals surface area contributed by atoms with E-state index in [2.05, 4.69) is 5.32 Å². The van der Waals surface area contributed by atoms with Gasteiger partial charge in [0, 0.05) is 30.9 Å². The zero-order valence-corrected chi connectivity index (χ0v) is 15.3. The van der Waals surface area contributed by atoms with Crippen molar-refractivity contribution in [3.63, 3.8) is 0 Å². The fourth-order valence-corrected chi connectivity index (χ4v) is 3.05. The molecule has 0 spiro atoms. The first-order chi connectivity index (χ1) is 11.1. The number of nitrogens with one attached hydrogen (secondary N) is 1. The summed E-state index contributed by atoms with van der Waals surface area (Å²) in [6.07, 6.45) is 3.98. The number of rotatable bonds is 6. The van der Waals surface area contributed by atoms with Crippen molar-refractivity contribution in [2.24, 2.45) is 11.1 Å². The molecule has 2 amide bonds. The van der Waals surface area contributed by atoms with Gasteiger partial charge < -0.3 is 16.0 Å². The van der Waals surface area contributed by atoms with E-state index < -0.39 is 5.41 Å². The highest BCUT2D eigenvalue weighted by Crippen LogP contribution is 2.28. The first-order valence-electron chi connectivity index (χ1n) is 8.48. The minimum Gasteiger partial charge on any atom is -0.329 e. The van der Waals surface area contributed by atoms with Gasteiger partial charge in [-0.3, -0.25) is 9.59 Å². The Morgan fingerprint density at radius 3 is 2.58 bits per heavy atom. The zero-order chi connectivity index (χ0) is 16.9. The van der Waals surface area contributed by atoms with Crippen LogP contribution in [-0.2, 0) is 9.59 Å². The van der Waals surface area contributed by atoms with Gasteiger partial charge in [-0.25, -0.2) is 0 Å². The van der Waals surface area contributed by atoms with Crippen molar-refractivity contribution in [3.8, 4) is 0 Å². The third kappa shape index (κ3) is 4.28. The Hall–Kier alpha value is -1.59. The number of nitrogens with zero attached hydrogens (tertiary/aromatic N) is 1. The molecule has 6 heteroatoms. The highest BCUT2D eigenvalue weighted by Gasteiger charge is 2.33. The molecule has 1 aliphatic rings. The van der Waals surface area contributed by atoms with E-state index in [1.54, 1.807) is 4.90 Å². The van der Waals surface area contributed by atoms with Crippen molar-refractivity contribution >= 4 is 35.6 Å². The lowest BCUT2D eigenvalue weighted by atomic mass is 9.81. The summed E-state index contributed by atoms with van der Waals surface area (Å²) in [6.45, 7) is 5.04. The van der Waals surface area contributed by atoms with Crippen LogP contribution in [0.2, 0.25) is 0 Å². The van der Waals surface area contributed by atoms with E-state index in [9.17, 15) is 9.59 Å². The standard InChI is InChI=1S/C18H27N3O2.ClH/c1-3-18(4-2,13-19)17(23)20-14-8-7-9-15(12-14)21-11-6-5-10-16(21)22;/h7-9,12H,3-6,10-11,13,19H2,1-2H3,(H,20,23);1H. The monoisotopic (exact) mass is 353 g/mol. The van der Waals surface area contributed by atoms with Gasteiger partial charge in [-0.2, -0.15) is 0 Å². The molecule has 1 aromatic rings. The van der Waals surface area contributed by atoms with Gasteiger partial charge in [0.2, 0.25) is 11.8 Å². The lowest BCUT2D eigenvalue weighted by Crippen LogP contribution is -2.41. The maximum Gasteiger partial charge on any atom is 0.231 e. The molecule has 3 N–H and O–H groups in total. The van der Waals surface area contributed by atoms with Crippen molar-refractivity contribution in [2.75, 3.05) is 23.3 Å². The number of amides is 2. The van der Waals surface area contributed by atoms with Crippen molar-refractivity contribution in [2.45, 2.75) is 46.0 Å². The Balaban J connectivity index is 0.00000288. The molecule has 1 fully saturated rings. The molecule has 5 nitrogen and oxygen atoms in total. The number of carbonyl (C=O) groups is 2. The summed E-state index contributed by atoms with van der Waals surface area (Å²) < 4.78 is 0. The fourth-order valence-electron chi connectivity index (χ4n) is 3.05. The van der Waals surface area contributed by atoms with Crippen LogP contribution in [0.5, 0.6) is 0 Å².